The molecule has 1 atom stereocenters. The third-order valence-electron chi connectivity index (χ3n) is 6.22. The van der Waals surface area contributed by atoms with E-state index in [0.717, 1.165) is 24.0 Å². The largest absolute Gasteiger partial charge is 0.493 e. The Kier molecular flexibility index (Phi) is 9.18. The van der Waals surface area contributed by atoms with Gasteiger partial charge in [0.1, 0.15) is 0 Å². The van der Waals surface area contributed by atoms with Gasteiger partial charge < -0.3 is 20.5 Å². The fourth-order valence-corrected chi connectivity index (χ4v) is 4.50. The number of urea groups is 1. The standard InChI is InChI=1S/C30H38N2O3/c1-20(2)24-14-9-15-25(21(3)4)28(24)29(32-30(31)33)23-16-17-26(34-5)27(19-23)35-18-10-13-22-11-7-6-8-12-22/h6-9,11-12,14-17,19-21,29H,10,13,18H2,1-5H3,(H3,31,32,33). The van der Waals surface area contributed by atoms with Crippen LogP contribution in [0.15, 0.2) is 66.7 Å². The van der Waals surface area contributed by atoms with E-state index in [4.69, 9.17) is 15.2 Å². The molecule has 0 bridgehead atoms. The summed E-state index contributed by atoms with van der Waals surface area (Å²) in [6.45, 7) is 9.22. The van der Waals surface area contributed by atoms with Crippen LogP contribution in [0.2, 0.25) is 0 Å². The Bertz CT molecular complexity index is 1080. The number of rotatable bonds is 11. The second-order valence-corrected chi connectivity index (χ2v) is 9.45. The summed E-state index contributed by atoms with van der Waals surface area (Å²) in [7, 11) is 1.63. The Labute approximate surface area is 209 Å². The zero-order valence-corrected chi connectivity index (χ0v) is 21.5. The lowest BCUT2D eigenvalue weighted by Gasteiger charge is -2.28. The van der Waals surface area contributed by atoms with Gasteiger partial charge in [0, 0.05) is 0 Å². The van der Waals surface area contributed by atoms with Gasteiger partial charge in [-0.3, -0.25) is 0 Å². The van der Waals surface area contributed by atoms with Crippen molar-refractivity contribution < 1.29 is 14.3 Å². The number of aryl methyl sites for hydroxylation is 1. The maximum absolute atomic E-state index is 12.1. The quantitative estimate of drug-likeness (QED) is 0.303. The zero-order valence-electron chi connectivity index (χ0n) is 21.5. The third-order valence-corrected chi connectivity index (χ3v) is 6.22. The molecule has 0 fully saturated rings. The van der Waals surface area contributed by atoms with Gasteiger partial charge >= 0.3 is 6.03 Å². The lowest BCUT2D eigenvalue weighted by atomic mass is 9.82. The molecule has 186 valence electrons. The fourth-order valence-electron chi connectivity index (χ4n) is 4.50. The smallest absolute Gasteiger partial charge is 0.312 e. The van der Waals surface area contributed by atoms with Crippen LogP contribution in [0.5, 0.6) is 11.5 Å². The van der Waals surface area contributed by atoms with Crippen LogP contribution >= 0.6 is 0 Å². The average molecular weight is 475 g/mol. The van der Waals surface area contributed by atoms with Crippen LogP contribution in [0.25, 0.3) is 0 Å². The Morgan fingerprint density at radius 3 is 2.11 bits per heavy atom. The van der Waals surface area contributed by atoms with Gasteiger partial charge in [0.15, 0.2) is 11.5 Å². The number of benzene rings is 3. The van der Waals surface area contributed by atoms with Gasteiger partial charge in [0.2, 0.25) is 0 Å². The molecule has 0 spiro atoms. The van der Waals surface area contributed by atoms with Crippen LogP contribution in [-0.4, -0.2) is 19.7 Å². The molecule has 0 aromatic heterocycles. The maximum atomic E-state index is 12.1. The first kappa shape index (κ1) is 26.1. The van der Waals surface area contributed by atoms with Crippen LogP contribution in [0.3, 0.4) is 0 Å². The normalized spacial score (nSPS) is 12.0. The van der Waals surface area contributed by atoms with Crippen molar-refractivity contribution in [3.63, 3.8) is 0 Å². The monoisotopic (exact) mass is 474 g/mol. The lowest BCUT2D eigenvalue weighted by molar-refractivity contribution is 0.246. The number of nitrogens with two attached hydrogens (primary N) is 1. The summed E-state index contributed by atoms with van der Waals surface area (Å²) >= 11 is 0. The minimum Gasteiger partial charge on any atom is -0.493 e. The van der Waals surface area contributed by atoms with Gasteiger partial charge in [0.25, 0.3) is 0 Å². The highest BCUT2D eigenvalue weighted by atomic mass is 16.5. The molecular weight excluding hydrogens is 436 g/mol. The van der Waals surface area contributed by atoms with Crippen molar-refractivity contribution in [2.24, 2.45) is 5.73 Å². The zero-order chi connectivity index (χ0) is 25.4. The highest BCUT2D eigenvalue weighted by Gasteiger charge is 2.25. The number of ether oxygens (including phenoxy) is 2. The summed E-state index contributed by atoms with van der Waals surface area (Å²) < 4.78 is 11.7. The molecule has 3 aromatic carbocycles. The predicted octanol–water partition coefficient (Wildman–Crippen LogP) is 6.71. The molecule has 5 heteroatoms. The summed E-state index contributed by atoms with van der Waals surface area (Å²) in [5.74, 6) is 1.88. The van der Waals surface area contributed by atoms with E-state index in [1.807, 2.05) is 24.3 Å². The van der Waals surface area contributed by atoms with Gasteiger partial charge in [-0.2, -0.15) is 0 Å². The van der Waals surface area contributed by atoms with E-state index in [1.165, 1.54) is 16.7 Å². The molecule has 0 saturated carbocycles. The lowest BCUT2D eigenvalue weighted by Crippen LogP contribution is -2.35. The third kappa shape index (κ3) is 6.78. The molecule has 3 rings (SSSR count). The molecule has 5 nitrogen and oxygen atoms in total. The van der Waals surface area contributed by atoms with Crippen molar-refractivity contribution in [1.29, 1.82) is 0 Å². The molecule has 0 saturated heterocycles. The Morgan fingerprint density at radius 2 is 1.54 bits per heavy atom. The summed E-state index contributed by atoms with van der Waals surface area (Å²) in [5.41, 5.74) is 11.3. The predicted molar refractivity (Wildman–Crippen MR) is 142 cm³/mol. The number of methoxy groups -OCH3 is 1. The highest BCUT2D eigenvalue weighted by molar-refractivity contribution is 5.73. The van der Waals surface area contributed by atoms with Crippen LogP contribution < -0.4 is 20.5 Å². The summed E-state index contributed by atoms with van der Waals surface area (Å²) in [4.78, 5) is 12.1. The van der Waals surface area contributed by atoms with Crippen molar-refractivity contribution in [3.05, 3.63) is 94.5 Å². The summed E-state index contributed by atoms with van der Waals surface area (Å²) in [6.07, 6.45) is 1.82. The van der Waals surface area contributed by atoms with Gasteiger partial charge in [-0.1, -0.05) is 82.3 Å². The molecule has 0 heterocycles. The number of carbonyl (C=O) groups is 1. The molecule has 35 heavy (non-hydrogen) atoms. The van der Waals surface area contributed by atoms with Gasteiger partial charge in [-0.25, -0.2) is 4.79 Å². The van der Waals surface area contributed by atoms with Crippen molar-refractivity contribution in [2.45, 2.75) is 58.4 Å². The highest BCUT2D eigenvalue weighted by Crippen LogP contribution is 2.38. The first-order valence-electron chi connectivity index (χ1n) is 12.3. The van der Waals surface area contributed by atoms with E-state index < -0.39 is 12.1 Å². The minimum atomic E-state index is -0.565. The van der Waals surface area contributed by atoms with E-state index in [0.29, 0.717) is 18.1 Å². The number of amides is 2. The van der Waals surface area contributed by atoms with Crippen LogP contribution in [0.1, 0.15) is 79.8 Å². The number of primary amides is 1. The first-order chi connectivity index (χ1) is 16.8. The van der Waals surface area contributed by atoms with E-state index in [1.54, 1.807) is 7.11 Å². The number of nitrogens with one attached hydrogen (secondary N) is 1. The van der Waals surface area contributed by atoms with Gasteiger partial charge in [-0.05, 0) is 64.6 Å². The second kappa shape index (κ2) is 12.3. The number of carbonyl (C=O) groups excluding carboxylic acids is 1. The Hall–Kier alpha value is -3.47. The van der Waals surface area contributed by atoms with Gasteiger partial charge in [0.05, 0.1) is 19.8 Å². The average Bonchev–Trinajstić information content (AvgIpc) is 2.85. The number of hydrogen-bond donors (Lipinski definition) is 2. The number of hydrogen-bond acceptors (Lipinski definition) is 3. The minimum absolute atomic E-state index is 0.285. The van der Waals surface area contributed by atoms with Crippen molar-refractivity contribution in [3.8, 4) is 11.5 Å². The van der Waals surface area contributed by atoms with Crippen LogP contribution in [-0.2, 0) is 6.42 Å². The SMILES string of the molecule is COc1ccc(C(NC(N)=O)c2c(C(C)C)cccc2C(C)C)cc1OCCCc1ccccc1. The summed E-state index contributed by atoms with van der Waals surface area (Å²) in [6, 6.07) is 21.6. The summed E-state index contributed by atoms with van der Waals surface area (Å²) in [5, 5.41) is 3.00. The molecule has 0 aliphatic carbocycles. The molecule has 2 amide bonds. The van der Waals surface area contributed by atoms with E-state index in [9.17, 15) is 4.79 Å². The molecule has 0 aliphatic heterocycles. The first-order valence-corrected chi connectivity index (χ1v) is 12.3. The van der Waals surface area contributed by atoms with Crippen molar-refractivity contribution >= 4 is 6.03 Å². The molecule has 3 aromatic rings. The topological polar surface area (TPSA) is 73.6 Å². The van der Waals surface area contributed by atoms with Crippen LogP contribution in [0.4, 0.5) is 4.79 Å². The van der Waals surface area contributed by atoms with Crippen molar-refractivity contribution in [1.82, 2.24) is 5.32 Å². The molecule has 0 aliphatic rings. The molecule has 1 unspecified atom stereocenters. The van der Waals surface area contributed by atoms with E-state index >= 15 is 0 Å². The Balaban J connectivity index is 1.95. The van der Waals surface area contributed by atoms with Crippen LogP contribution in [0, 0.1) is 0 Å². The van der Waals surface area contributed by atoms with E-state index in [-0.39, 0.29) is 11.8 Å². The maximum Gasteiger partial charge on any atom is 0.312 e. The van der Waals surface area contributed by atoms with Gasteiger partial charge in [-0.15, -0.1) is 0 Å². The fraction of sp³-hybridized carbons (Fsp3) is 0.367. The second-order valence-electron chi connectivity index (χ2n) is 9.45. The molecular formula is C30H38N2O3. The van der Waals surface area contributed by atoms with Crippen molar-refractivity contribution in [2.75, 3.05) is 13.7 Å². The van der Waals surface area contributed by atoms with E-state index in [2.05, 4.69) is 75.5 Å². The Morgan fingerprint density at radius 1 is 0.886 bits per heavy atom. The molecule has 0 radical (unpaired) electrons. The molecule has 3 N–H and O–H groups in total.